The van der Waals surface area contributed by atoms with Crippen LogP contribution in [0.4, 0.5) is 26.3 Å². The van der Waals surface area contributed by atoms with Gasteiger partial charge in [-0.15, -0.1) is 0 Å². The van der Waals surface area contributed by atoms with Gasteiger partial charge in [-0.3, -0.25) is 0 Å². The zero-order valence-electron chi connectivity index (χ0n) is 26.7. The number of halogens is 6. The summed E-state index contributed by atoms with van der Waals surface area (Å²) in [5.41, 5.74) is 0. The van der Waals surface area contributed by atoms with Crippen LogP contribution in [0.15, 0.2) is 48.5 Å². The fraction of sp³-hybridized carbons (Fsp3) is 0.500. The van der Waals surface area contributed by atoms with Gasteiger partial charge in [0.15, 0.2) is 0 Å². The summed E-state index contributed by atoms with van der Waals surface area (Å²) in [4.78, 5) is 24.0. The molecule has 0 aliphatic carbocycles. The number of nitrogens with one attached hydrogen (secondary N) is 2. The molecule has 0 unspecified atom stereocenters. The van der Waals surface area contributed by atoms with E-state index >= 15 is 0 Å². The standard InChI is InChI=1S/C28H38F6N6O6P2/c1-5-37(6-2)47(43-21-13-9-10-14-22(21)44-47)39(19-17-35-25(41)27(29,30)31)48(38(7-3)8-4,45-23-15-11-12-16-24(23)46-48)40(47)20-18-36-26(42)28(32,33)34/h9-16H,5-8,17-20H2,1-4H3,(H,35,41)(H,36,42). The van der Waals surface area contributed by atoms with Crippen LogP contribution in [0.2, 0.25) is 0 Å². The molecule has 2 N–H and O–H groups in total. The number of hydrogen-bond acceptors (Lipinski definition) is 10. The first-order chi connectivity index (χ1) is 22.6. The van der Waals surface area contributed by atoms with E-state index in [9.17, 15) is 35.9 Å². The average molecular weight is 731 g/mol. The molecule has 1 fully saturated rings. The van der Waals surface area contributed by atoms with Crippen LogP contribution in [0.1, 0.15) is 27.7 Å². The molecule has 12 nitrogen and oxygen atoms in total. The number of rotatable bonds is 12. The summed E-state index contributed by atoms with van der Waals surface area (Å²) in [7, 11) is -9.88. The predicted octanol–water partition coefficient (Wildman–Crippen LogP) is 5.84. The van der Waals surface area contributed by atoms with Crippen molar-refractivity contribution < 1.29 is 54.0 Å². The topological polar surface area (TPSA) is 108 Å². The third-order valence-corrected chi connectivity index (χ3v) is 21.2. The van der Waals surface area contributed by atoms with E-state index in [1.54, 1.807) is 85.1 Å². The Balaban J connectivity index is 1.78. The van der Waals surface area contributed by atoms with Crippen molar-refractivity contribution >= 4 is 26.8 Å². The molecule has 3 aliphatic rings. The Labute approximate surface area is 273 Å². The summed E-state index contributed by atoms with van der Waals surface area (Å²) in [6, 6.07) is 13.3. The maximum atomic E-state index is 13.3. The average Bonchev–Trinajstić information content (AvgIpc) is 3.58. The molecule has 0 saturated carbocycles. The minimum absolute atomic E-state index is 0.233. The van der Waals surface area contributed by atoms with Crippen molar-refractivity contribution in [1.82, 2.24) is 28.9 Å². The van der Waals surface area contributed by atoms with Gasteiger partial charge >= 0.3 is 274 Å². The second-order valence-electron chi connectivity index (χ2n) is 10.9. The van der Waals surface area contributed by atoms with Crippen LogP contribution < -0.4 is 28.7 Å². The number of para-hydroxylation sites is 4. The molecule has 20 heteroatoms. The number of hydrogen-bond donors (Lipinski definition) is 2. The van der Waals surface area contributed by atoms with Crippen molar-refractivity contribution in [1.29, 1.82) is 0 Å². The Kier molecular flexibility index (Phi) is 9.28. The fourth-order valence-corrected chi connectivity index (χ4v) is 22.4. The zero-order chi connectivity index (χ0) is 35.2. The number of carbonyl (C=O) groups excluding carboxylic acids is 2. The Morgan fingerprint density at radius 1 is 0.604 bits per heavy atom. The summed E-state index contributed by atoms with van der Waals surface area (Å²) in [5.74, 6) is -3.26. The molecule has 5 rings (SSSR count). The first-order valence-electron chi connectivity index (χ1n) is 15.4. The molecule has 0 atom stereocenters. The second kappa shape index (κ2) is 12.3. The van der Waals surface area contributed by atoms with Crippen molar-refractivity contribution in [2.24, 2.45) is 0 Å². The Hall–Kier alpha value is -3.14. The molecular weight excluding hydrogens is 692 g/mol. The van der Waals surface area contributed by atoms with Gasteiger partial charge in [0.2, 0.25) is 0 Å². The zero-order valence-corrected chi connectivity index (χ0v) is 28.5. The predicted molar refractivity (Wildman–Crippen MR) is 167 cm³/mol. The van der Waals surface area contributed by atoms with E-state index in [0.717, 1.165) is 0 Å². The molecule has 0 radical (unpaired) electrons. The monoisotopic (exact) mass is 730 g/mol. The van der Waals surface area contributed by atoms with Crippen LogP contribution in [-0.4, -0.2) is 94.7 Å². The summed E-state index contributed by atoms with van der Waals surface area (Å²) in [6.07, 6.45) is -10.3. The van der Waals surface area contributed by atoms with Gasteiger partial charge in [-0.25, -0.2) is 0 Å². The van der Waals surface area contributed by atoms with E-state index in [1.807, 2.05) is 20.0 Å². The number of benzene rings is 2. The molecule has 268 valence electrons. The van der Waals surface area contributed by atoms with Crippen LogP contribution in [0.5, 0.6) is 23.0 Å². The van der Waals surface area contributed by atoms with Crippen molar-refractivity contribution in [2.45, 2.75) is 40.0 Å². The van der Waals surface area contributed by atoms with E-state index < -0.39 is 52.3 Å². The molecule has 2 spiro atoms. The van der Waals surface area contributed by atoms with Crippen LogP contribution in [0.3, 0.4) is 0 Å². The minimum atomic E-state index is -5.17. The summed E-state index contributed by atoms with van der Waals surface area (Å²) in [6.45, 7) is 6.27. The number of nitrogens with zero attached hydrogens (tertiary/aromatic N) is 4. The molecule has 2 aromatic rings. The van der Waals surface area contributed by atoms with Gasteiger partial charge in [0, 0.05) is 0 Å². The number of fused-ring (bicyclic) bond motifs is 2. The first-order valence-corrected chi connectivity index (χ1v) is 19.2. The molecule has 2 aromatic carbocycles. The maximum absolute atomic E-state index is 13.3. The number of amides is 2. The third kappa shape index (κ3) is 4.98. The van der Waals surface area contributed by atoms with E-state index in [2.05, 4.69) is 0 Å². The molecule has 3 heterocycles. The van der Waals surface area contributed by atoms with Crippen LogP contribution in [-0.2, 0) is 9.59 Å². The molecule has 0 aromatic heterocycles. The van der Waals surface area contributed by atoms with E-state index in [1.165, 1.54) is 0 Å². The Morgan fingerprint density at radius 3 is 1.10 bits per heavy atom. The molecule has 2 amide bonds. The molecular formula is C28H38F6N6O6P2. The van der Waals surface area contributed by atoms with Gasteiger partial charge in [0.05, 0.1) is 0 Å². The van der Waals surface area contributed by atoms with Gasteiger partial charge in [0.1, 0.15) is 0 Å². The first kappa shape index (κ1) is 36.1. The normalized spacial score (nSPS) is 21.7. The van der Waals surface area contributed by atoms with Gasteiger partial charge < -0.3 is 0 Å². The van der Waals surface area contributed by atoms with Gasteiger partial charge in [0.25, 0.3) is 0 Å². The summed E-state index contributed by atoms with van der Waals surface area (Å²) in [5, 5.41) is 3.85. The van der Waals surface area contributed by atoms with E-state index in [4.69, 9.17) is 18.1 Å². The third-order valence-electron chi connectivity index (χ3n) is 8.45. The van der Waals surface area contributed by atoms with Crippen molar-refractivity contribution in [3.8, 4) is 23.0 Å². The van der Waals surface area contributed by atoms with Gasteiger partial charge in [-0.1, -0.05) is 0 Å². The van der Waals surface area contributed by atoms with E-state index in [-0.39, 0.29) is 62.3 Å². The molecule has 0 bridgehead atoms. The molecule has 3 aliphatic heterocycles. The summed E-state index contributed by atoms with van der Waals surface area (Å²) >= 11 is 0. The quantitative estimate of drug-likeness (QED) is 0.204. The Bertz CT molecular complexity index is 1380. The van der Waals surface area contributed by atoms with Gasteiger partial charge in [-0.05, 0) is 0 Å². The van der Waals surface area contributed by atoms with Gasteiger partial charge in [-0.2, -0.15) is 0 Å². The number of carbonyl (C=O) groups is 2. The van der Waals surface area contributed by atoms with Crippen molar-refractivity contribution in [3.63, 3.8) is 0 Å². The van der Waals surface area contributed by atoms with E-state index in [0.29, 0.717) is 0 Å². The van der Waals surface area contributed by atoms with Crippen molar-refractivity contribution in [3.05, 3.63) is 48.5 Å². The Morgan fingerprint density at radius 2 is 0.875 bits per heavy atom. The second-order valence-corrected chi connectivity index (χ2v) is 18.7. The molecule has 48 heavy (non-hydrogen) atoms. The van der Waals surface area contributed by atoms with Crippen LogP contribution in [0.25, 0.3) is 0 Å². The van der Waals surface area contributed by atoms with Crippen LogP contribution >= 0.6 is 15.0 Å². The van der Waals surface area contributed by atoms with Crippen LogP contribution in [0, 0.1) is 0 Å². The summed E-state index contributed by atoms with van der Waals surface area (Å²) < 4.78 is 115. The fourth-order valence-electron chi connectivity index (χ4n) is 6.69. The molecule has 1 saturated heterocycles. The number of alkyl halides is 6. The SMILES string of the molecule is CCN(CC)P12(Oc3ccccc3O1)N(CCNC(=O)C(F)(F)F)P1(N(CC)CC)(Oc3ccccc3O1)N2CCNC(=O)C(F)(F)F. The van der Waals surface area contributed by atoms with Crippen molar-refractivity contribution in [2.75, 3.05) is 52.4 Å².